The van der Waals surface area contributed by atoms with Crippen molar-refractivity contribution in [2.45, 2.75) is 3.92 Å². The first-order valence-electron chi connectivity index (χ1n) is 1.74. The second-order valence-corrected chi connectivity index (χ2v) is 3.02. The van der Waals surface area contributed by atoms with E-state index < -0.39 is 0 Å². The largest absolute Gasteiger partial charge is 0.315 e. The lowest BCUT2D eigenvalue weighted by atomic mass is 10.3. The number of hydrogen-bond donors (Lipinski definition) is 1. The van der Waals surface area contributed by atoms with Crippen molar-refractivity contribution in [3.05, 3.63) is 0 Å². The first-order valence-corrected chi connectivity index (χ1v) is 2.99. The molecule has 30 valence electrons. The third-order valence-corrected chi connectivity index (χ3v) is 1.61. The highest BCUT2D eigenvalue weighted by Crippen LogP contribution is 2.02. The monoisotopic (exact) mass is 183 g/mol. The molecule has 1 saturated heterocycles. The van der Waals surface area contributed by atoms with Crippen molar-refractivity contribution in [2.24, 2.45) is 0 Å². The maximum absolute atomic E-state index is 3.15. The van der Waals surface area contributed by atoms with E-state index in [2.05, 4.69) is 27.9 Å². The molecule has 0 aromatic heterocycles. The molecule has 0 saturated carbocycles. The molecule has 0 atom stereocenters. The average Bonchev–Trinajstić information content (AvgIpc) is 1.30. The first-order chi connectivity index (χ1) is 2.39. The second-order valence-electron chi connectivity index (χ2n) is 1.26. The van der Waals surface area contributed by atoms with Crippen LogP contribution in [0, 0.1) is 0 Å². The third-order valence-electron chi connectivity index (χ3n) is 0.732. The van der Waals surface area contributed by atoms with Gasteiger partial charge in [-0.25, -0.2) is 0 Å². The summed E-state index contributed by atoms with van der Waals surface area (Å²) >= 11 is 2.43. The predicted octanol–water partition coefficient (Wildman–Crippen LogP) is 0.393. The summed E-state index contributed by atoms with van der Waals surface area (Å²) in [5, 5.41) is 3.15. The molecule has 1 rings (SSSR count). The maximum Gasteiger partial charge on any atom is 0.0359 e. The molecule has 1 aliphatic heterocycles. The molecule has 1 heterocycles. The Labute approximate surface area is 45.3 Å². The van der Waals surface area contributed by atoms with Crippen LogP contribution in [0.1, 0.15) is 0 Å². The zero-order valence-electron chi connectivity index (χ0n) is 2.87. The lowest BCUT2D eigenvalue weighted by molar-refractivity contribution is 0.561. The Morgan fingerprint density at radius 2 is 2.00 bits per heavy atom. The van der Waals surface area contributed by atoms with Crippen LogP contribution in [0.2, 0.25) is 0 Å². The Morgan fingerprint density at radius 1 is 1.60 bits per heavy atom. The molecule has 0 aromatic carbocycles. The second kappa shape index (κ2) is 1.43. The highest BCUT2D eigenvalue weighted by Gasteiger charge is 2.09. The van der Waals surface area contributed by atoms with Gasteiger partial charge in [-0.2, -0.15) is 0 Å². The maximum atomic E-state index is 3.15. The van der Waals surface area contributed by atoms with Gasteiger partial charge in [-0.3, -0.25) is 0 Å². The van der Waals surface area contributed by atoms with E-state index in [1.807, 2.05) is 0 Å². The molecule has 0 radical (unpaired) electrons. The molecule has 0 aromatic rings. The highest BCUT2D eigenvalue weighted by atomic mass is 127. The fourth-order valence-electron chi connectivity index (χ4n) is 0.253. The van der Waals surface area contributed by atoms with Gasteiger partial charge in [0, 0.05) is 17.0 Å². The average molecular weight is 183 g/mol. The lowest BCUT2D eigenvalue weighted by Crippen LogP contribution is -2.42. The van der Waals surface area contributed by atoms with Gasteiger partial charge in [0.2, 0.25) is 0 Å². The third kappa shape index (κ3) is 0.758. The Bertz CT molecular complexity index is 33.9. The summed E-state index contributed by atoms with van der Waals surface area (Å²) in [5.74, 6) is 0. The molecule has 0 aliphatic carbocycles. The summed E-state index contributed by atoms with van der Waals surface area (Å²) in [4.78, 5) is 0. The predicted molar refractivity (Wildman–Crippen MR) is 30.7 cm³/mol. The van der Waals surface area contributed by atoms with Crippen molar-refractivity contribution in [1.82, 2.24) is 5.32 Å². The Kier molecular flexibility index (Phi) is 1.10. The Balaban J connectivity index is 2.08. The Morgan fingerprint density at radius 3 is 2.00 bits per heavy atom. The molecule has 0 amide bonds. The van der Waals surface area contributed by atoms with Gasteiger partial charge in [-0.05, 0) is 0 Å². The van der Waals surface area contributed by atoms with Gasteiger partial charge in [0.25, 0.3) is 0 Å². The first kappa shape index (κ1) is 3.87. The van der Waals surface area contributed by atoms with Crippen molar-refractivity contribution in [2.75, 3.05) is 13.1 Å². The fraction of sp³-hybridized carbons (Fsp3) is 1.00. The van der Waals surface area contributed by atoms with Crippen molar-refractivity contribution < 1.29 is 0 Å². The summed E-state index contributed by atoms with van der Waals surface area (Å²) < 4.78 is 0.924. The molecule has 0 spiro atoms. The van der Waals surface area contributed by atoms with E-state index in [1.54, 1.807) is 0 Å². The van der Waals surface area contributed by atoms with E-state index in [0.717, 1.165) is 3.92 Å². The van der Waals surface area contributed by atoms with Crippen molar-refractivity contribution in [3.8, 4) is 0 Å². The van der Waals surface area contributed by atoms with Crippen LogP contribution in [0.4, 0.5) is 0 Å². The van der Waals surface area contributed by atoms with E-state index in [9.17, 15) is 0 Å². The molecular weight excluding hydrogens is 177 g/mol. The van der Waals surface area contributed by atoms with Crippen molar-refractivity contribution in [1.29, 1.82) is 0 Å². The lowest BCUT2D eigenvalue weighted by Gasteiger charge is -2.19. The van der Waals surface area contributed by atoms with Crippen LogP contribution in [0.5, 0.6) is 0 Å². The minimum atomic E-state index is 0.924. The minimum absolute atomic E-state index is 0.924. The van der Waals surface area contributed by atoms with Gasteiger partial charge >= 0.3 is 0 Å². The van der Waals surface area contributed by atoms with Crippen LogP contribution in [0.15, 0.2) is 0 Å². The number of alkyl halides is 1. The van der Waals surface area contributed by atoms with Crippen LogP contribution < -0.4 is 5.32 Å². The molecule has 0 bridgehead atoms. The van der Waals surface area contributed by atoms with E-state index in [4.69, 9.17) is 0 Å². The summed E-state index contributed by atoms with van der Waals surface area (Å²) in [6.45, 7) is 2.45. The van der Waals surface area contributed by atoms with E-state index in [0.29, 0.717) is 0 Å². The summed E-state index contributed by atoms with van der Waals surface area (Å²) in [6, 6.07) is 0. The molecule has 1 N–H and O–H groups in total. The minimum Gasteiger partial charge on any atom is -0.315 e. The molecule has 1 fully saturated rings. The van der Waals surface area contributed by atoms with Crippen molar-refractivity contribution >= 4 is 22.6 Å². The molecule has 2 heteroatoms. The topological polar surface area (TPSA) is 12.0 Å². The summed E-state index contributed by atoms with van der Waals surface area (Å²) in [6.07, 6.45) is 0. The van der Waals surface area contributed by atoms with E-state index in [-0.39, 0.29) is 0 Å². The van der Waals surface area contributed by atoms with Crippen LogP contribution in [-0.4, -0.2) is 17.0 Å². The van der Waals surface area contributed by atoms with E-state index >= 15 is 0 Å². The van der Waals surface area contributed by atoms with Gasteiger partial charge in [0.15, 0.2) is 0 Å². The van der Waals surface area contributed by atoms with Gasteiger partial charge in [-0.15, -0.1) is 0 Å². The SMILES string of the molecule is IC1CNC1. The molecule has 5 heavy (non-hydrogen) atoms. The van der Waals surface area contributed by atoms with Crippen LogP contribution in [0.3, 0.4) is 0 Å². The van der Waals surface area contributed by atoms with Crippen LogP contribution in [-0.2, 0) is 0 Å². The van der Waals surface area contributed by atoms with Gasteiger partial charge in [-0.1, -0.05) is 22.6 Å². The van der Waals surface area contributed by atoms with E-state index in [1.165, 1.54) is 13.1 Å². The number of halogens is 1. The normalized spacial score (nSPS) is 25.8. The fourth-order valence-corrected chi connectivity index (χ4v) is 0.876. The zero-order chi connectivity index (χ0) is 3.70. The summed E-state index contributed by atoms with van der Waals surface area (Å²) in [7, 11) is 0. The smallest absolute Gasteiger partial charge is 0.0359 e. The Hall–Kier alpha value is 0.690. The molecular formula is C3H6IN. The van der Waals surface area contributed by atoms with Crippen molar-refractivity contribution in [3.63, 3.8) is 0 Å². The number of nitrogens with one attached hydrogen (secondary N) is 1. The summed E-state index contributed by atoms with van der Waals surface area (Å²) in [5.41, 5.74) is 0. The molecule has 0 unspecified atom stereocenters. The number of rotatable bonds is 0. The zero-order valence-corrected chi connectivity index (χ0v) is 5.03. The van der Waals surface area contributed by atoms with Gasteiger partial charge in [0.05, 0.1) is 0 Å². The van der Waals surface area contributed by atoms with Crippen LogP contribution >= 0.6 is 22.6 Å². The van der Waals surface area contributed by atoms with Gasteiger partial charge < -0.3 is 5.32 Å². The standard InChI is InChI=1S/C3H6IN/c4-3-1-5-2-3/h3,5H,1-2H2. The van der Waals surface area contributed by atoms with Crippen LogP contribution in [0.25, 0.3) is 0 Å². The highest BCUT2D eigenvalue weighted by molar-refractivity contribution is 14.1. The quantitative estimate of drug-likeness (QED) is 0.423. The number of hydrogen-bond acceptors (Lipinski definition) is 1. The van der Waals surface area contributed by atoms with Gasteiger partial charge in [0.1, 0.15) is 0 Å². The molecule has 1 nitrogen and oxygen atoms in total. The molecule has 1 aliphatic rings.